The van der Waals surface area contributed by atoms with Crippen LogP contribution in [-0.4, -0.2) is 47.2 Å². The van der Waals surface area contributed by atoms with Crippen molar-refractivity contribution < 1.29 is 23.5 Å². The first-order valence-corrected chi connectivity index (χ1v) is 9.64. The number of ether oxygens (including phenoxy) is 1. The number of likely N-dealkylation sites (tertiary alicyclic amines) is 1. The van der Waals surface area contributed by atoms with Gasteiger partial charge >= 0.3 is 5.97 Å². The molecule has 0 atom stereocenters. The van der Waals surface area contributed by atoms with Crippen molar-refractivity contribution in [3.8, 4) is 0 Å². The fourth-order valence-electron chi connectivity index (χ4n) is 3.53. The number of nitrogens with one attached hydrogen (secondary N) is 1. The first kappa shape index (κ1) is 19.0. The van der Waals surface area contributed by atoms with Crippen LogP contribution in [0.15, 0.2) is 41.1 Å². The van der Waals surface area contributed by atoms with E-state index in [1.165, 1.54) is 18.5 Å². The molecule has 1 aromatic carbocycles. The third-order valence-electron chi connectivity index (χ3n) is 5.14. The number of carbonyl (C=O) groups excluding carboxylic acids is 3. The molecular formula is C22H22N2O5. The van der Waals surface area contributed by atoms with E-state index < -0.39 is 5.97 Å². The molecule has 3 heterocycles. The molecule has 7 nitrogen and oxygen atoms in total. The number of aryl methyl sites for hydroxylation is 1. The molecule has 0 saturated carbocycles. The highest BCUT2D eigenvalue weighted by Gasteiger charge is 2.22. The van der Waals surface area contributed by atoms with Gasteiger partial charge in [-0.15, -0.1) is 0 Å². The third kappa shape index (κ3) is 4.08. The Morgan fingerprint density at radius 3 is 2.76 bits per heavy atom. The zero-order valence-electron chi connectivity index (χ0n) is 16.2. The number of amides is 1. The average molecular weight is 394 g/mol. The van der Waals surface area contributed by atoms with E-state index in [0.29, 0.717) is 16.8 Å². The van der Waals surface area contributed by atoms with Crippen LogP contribution in [-0.2, 0) is 16.0 Å². The fraction of sp³-hybridized carbons (Fsp3) is 0.318. The molecule has 1 saturated heterocycles. The largest absolute Gasteiger partial charge is 0.464 e. The Morgan fingerprint density at radius 1 is 1.17 bits per heavy atom. The zero-order valence-corrected chi connectivity index (χ0v) is 16.2. The third-order valence-corrected chi connectivity index (χ3v) is 5.14. The smallest absolute Gasteiger partial charge is 0.310 e. The van der Waals surface area contributed by atoms with Crippen molar-refractivity contribution in [3.63, 3.8) is 0 Å². The van der Waals surface area contributed by atoms with E-state index in [4.69, 9.17) is 9.15 Å². The maximum absolute atomic E-state index is 12.3. The summed E-state index contributed by atoms with van der Waals surface area (Å²) < 4.78 is 10.6. The van der Waals surface area contributed by atoms with Gasteiger partial charge in [-0.3, -0.25) is 14.4 Å². The van der Waals surface area contributed by atoms with E-state index in [1.807, 2.05) is 25.1 Å². The van der Waals surface area contributed by atoms with Crippen LogP contribution in [0.4, 0.5) is 0 Å². The number of aromatic amines is 1. The lowest BCUT2D eigenvalue weighted by Crippen LogP contribution is -2.27. The molecule has 1 fully saturated rings. The van der Waals surface area contributed by atoms with Crippen LogP contribution in [0.5, 0.6) is 0 Å². The van der Waals surface area contributed by atoms with Crippen LogP contribution < -0.4 is 0 Å². The Morgan fingerprint density at radius 2 is 1.97 bits per heavy atom. The van der Waals surface area contributed by atoms with Crippen LogP contribution in [0, 0.1) is 6.92 Å². The number of fused-ring (bicyclic) bond motifs is 1. The van der Waals surface area contributed by atoms with Crippen LogP contribution in [0.3, 0.4) is 0 Å². The van der Waals surface area contributed by atoms with Gasteiger partial charge in [-0.1, -0.05) is 12.1 Å². The van der Waals surface area contributed by atoms with Gasteiger partial charge in [0.25, 0.3) is 5.91 Å². The number of esters is 1. The molecule has 0 aliphatic carbocycles. The molecule has 29 heavy (non-hydrogen) atoms. The monoisotopic (exact) mass is 394 g/mol. The Kier molecular flexibility index (Phi) is 5.20. The first-order chi connectivity index (χ1) is 14.0. The van der Waals surface area contributed by atoms with Crippen molar-refractivity contribution in [2.45, 2.75) is 26.2 Å². The van der Waals surface area contributed by atoms with Gasteiger partial charge in [0.15, 0.2) is 6.61 Å². The molecule has 3 aromatic rings. The van der Waals surface area contributed by atoms with Gasteiger partial charge in [-0.2, -0.15) is 0 Å². The molecule has 1 N–H and O–H groups in total. The molecule has 4 rings (SSSR count). The summed E-state index contributed by atoms with van der Waals surface area (Å²) in [4.78, 5) is 41.4. The fourth-order valence-corrected chi connectivity index (χ4v) is 3.53. The van der Waals surface area contributed by atoms with Crippen molar-refractivity contribution in [1.29, 1.82) is 0 Å². The van der Waals surface area contributed by atoms with Gasteiger partial charge in [-0.05, 0) is 37.5 Å². The number of benzene rings is 1. The number of rotatable bonds is 6. The maximum atomic E-state index is 12.3. The van der Waals surface area contributed by atoms with E-state index in [0.717, 1.165) is 42.4 Å². The van der Waals surface area contributed by atoms with E-state index in [1.54, 1.807) is 4.90 Å². The average Bonchev–Trinajstić information content (AvgIpc) is 3.46. The molecule has 1 aliphatic heterocycles. The van der Waals surface area contributed by atoms with Crippen LogP contribution >= 0.6 is 0 Å². The molecule has 0 unspecified atom stereocenters. The van der Waals surface area contributed by atoms with Crippen molar-refractivity contribution in [3.05, 3.63) is 59.1 Å². The number of Topliss-reactive ketones (excluding diaryl/α,β-unsaturated/α-hetero) is 1. The minimum atomic E-state index is -0.509. The number of nitrogens with zero attached hydrogens (tertiary/aromatic N) is 1. The summed E-state index contributed by atoms with van der Waals surface area (Å²) in [6, 6.07) is 7.27. The number of H-pyrrole nitrogens is 1. The Balaban J connectivity index is 1.33. The predicted molar refractivity (Wildman–Crippen MR) is 106 cm³/mol. The molecule has 0 radical (unpaired) electrons. The second-order valence-electron chi connectivity index (χ2n) is 7.32. The second-order valence-corrected chi connectivity index (χ2v) is 7.32. The van der Waals surface area contributed by atoms with Crippen LogP contribution in [0.25, 0.3) is 11.0 Å². The summed E-state index contributed by atoms with van der Waals surface area (Å²) in [5.41, 5.74) is 3.20. The van der Waals surface area contributed by atoms with Crippen molar-refractivity contribution in [2.75, 3.05) is 19.7 Å². The summed E-state index contributed by atoms with van der Waals surface area (Å²) in [5, 5.41) is 0.856. The van der Waals surface area contributed by atoms with Crippen LogP contribution in [0.2, 0.25) is 0 Å². The summed E-state index contributed by atoms with van der Waals surface area (Å²) in [6.45, 7) is 3.07. The SMILES string of the molecule is Cc1ccc2c(CC(=O)OCC(=O)c3c[nH]c(C(=O)N4CCCC4)c3)coc2c1. The van der Waals surface area contributed by atoms with E-state index >= 15 is 0 Å². The molecule has 7 heteroatoms. The Bertz CT molecular complexity index is 1070. The quantitative estimate of drug-likeness (QED) is 0.512. The van der Waals surface area contributed by atoms with E-state index in [9.17, 15) is 14.4 Å². The van der Waals surface area contributed by atoms with Gasteiger partial charge in [-0.25, -0.2) is 0 Å². The molecule has 1 aliphatic rings. The number of carbonyl (C=O) groups is 3. The number of hydrogen-bond donors (Lipinski definition) is 1. The number of hydrogen-bond acceptors (Lipinski definition) is 5. The minimum absolute atomic E-state index is 0.0230. The first-order valence-electron chi connectivity index (χ1n) is 9.64. The lowest BCUT2D eigenvalue weighted by atomic mass is 10.1. The highest BCUT2D eigenvalue weighted by molar-refractivity contribution is 6.01. The lowest BCUT2D eigenvalue weighted by molar-refractivity contribution is -0.141. The minimum Gasteiger partial charge on any atom is -0.464 e. The highest BCUT2D eigenvalue weighted by atomic mass is 16.5. The second kappa shape index (κ2) is 7.95. The van der Waals surface area contributed by atoms with Crippen molar-refractivity contribution in [1.82, 2.24) is 9.88 Å². The molecule has 0 spiro atoms. The molecule has 2 aromatic heterocycles. The molecule has 0 bridgehead atoms. The zero-order chi connectivity index (χ0) is 20.4. The molecular weight excluding hydrogens is 372 g/mol. The maximum Gasteiger partial charge on any atom is 0.310 e. The number of furan rings is 1. The standard InChI is InChI=1S/C22H22N2O5/c1-14-4-5-17-16(12-28-20(17)8-14)10-21(26)29-13-19(25)15-9-18(23-11-15)22(27)24-6-2-3-7-24/h4-5,8-9,11-12,23H,2-3,6-7,10,13H2,1H3. The summed E-state index contributed by atoms with van der Waals surface area (Å²) in [5.74, 6) is -0.978. The van der Waals surface area contributed by atoms with E-state index in [-0.39, 0.29) is 24.7 Å². The normalized spacial score (nSPS) is 13.8. The summed E-state index contributed by atoms with van der Waals surface area (Å²) in [7, 11) is 0. The Labute approximate surface area is 167 Å². The Hall–Kier alpha value is -3.35. The topological polar surface area (TPSA) is 92.6 Å². The van der Waals surface area contributed by atoms with Gasteiger partial charge < -0.3 is 19.0 Å². The van der Waals surface area contributed by atoms with E-state index in [2.05, 4.69) is 4.98 Å². The van der Waals surface area contributed by atoms with Gasteiger partial charge in [0.05, 0.1) is 12.7 Å². The van der Waals surface area contributed by atoms with Gasteiger partial charge in [0.2, 0.25) is 5.78 Å². The highest BCUT2D eigenvalue weighted by Crippen LogP contribution is 2.23. The summed E-state index contributed by atoms with van der Waals surface area (Å²) in [6.07, 6.45) is 5.04. The predicted octanol–water partition coefficient (Wildman–Crippen LogP) is 3.27. The molecule has 1 amide bonds. The van der Waals surface area contributed by atoms with Gasteiger partial charge in [0, 0.05) is 35.8 Å². The molecule has 150 valence electrons. The van der Waals surface area contributed by atoms with Crippen LogP contribution in [0.1, 0.15) is 44.8 Å². The van der Waals surface area contributed by atoms with Crippen molar-refractivity contribution in [2.24, 2.45) is 0 Å². The van der Waals surface area contributed by atoms with Gasteiger partial charge in [0.1, 0.15) is 11.3 Å². The van der Waals surface area contributed by atoms with Crippen molar-refractivity contribution >= 4 is 28.6 Å². The number of ketones is 1. The summed E-state index contributed by atoms with van der Waals surface area (Å²) >= 11 is 0. The number of aromatic nitrogens is 1. The lowest BCUT2D eigenvalue weighted by Gasteiger charge is -2.13.